The lowest BCUT2D eigenvalue weighted by Crippen LogP contribution is -2.33. The maximum Gasteiger partial charge on any atom is 0.414 e. The summed E-state index contributed by atoms with van der Waals surface area (Å²) in [6, 6.07) is 6.20. The number of benzene rings is 1. The van der Waals surface area contributed by atoms with Gasteiger partial charge in [-0.1, -0.05) is 7.43 Å². The number of halogens is 1. The van der Waals surface area contributed by atoms with E-state index >= 15 is 0 Å². The average molecular weight is 401 g/mol. The molecule has 152 valence electrons. The number of carbonyl (C=O) groups is 2. The van der Waals surface area contributed by atoms with E-state index in [2.05, 4.69) is 5.32 Å². The van der Waals surface area contributed by atoms with Crippen LogP contribution in [0.15, 0.2) is 49.1 Å². The predicted molar refractivity (Wildman–Crippen MR) is 104 cm³/mol. The number of carbonyl (C=O) groups excluding carboxylic acids is 2. The zero-order valence-electron chi connectivity index (χ0n) is 15.0. The number of amides is 2. The lowest BCUT2D eigenvalue weighted by Gasteiger charge is -2.14. The number of anilines is 1. The Morgan fingerprint density at radius 3 is 2.83 bits per heavy atom. The van der Waals surface area contributed by atoms with Gasteiger partial charge in [0.25, 0.3) is 0 Å². The van der Waals surface area contributed by atoms with E-state index in [0.717, 1.165) is 15.5 Å². The Hall–Kier alpha value is -3.62. The van der Waals surface area contributed by atoms with Crippen LogP contribution in [-0.2, 0) is 9.53 Å². The number of fused-ring (bicyclic) bond motifs is 1. The molecule has 0 bridgehead atoms. The van der Waals surface area contributed by atoms with Gasteiger partial charge in [-0.2, -0.15) is 0 Å². The minimum absolute atomic E-state index is 0. The second kappa shape index (κ2) is 7.78. The van der Waals surface area contributed by atoms with Crippen LogP contribution in [0.4, 0.5) is 14.9 Å². The topological polar surface area (TPSA) is 87.7 Å². The van der Waals surface area contributed by atoms with Crippen molar-refractivity contribution in [1.82, 2.24) is 9.88 Å². The molecule has 29 heavy (non-hydrogen) atoms. The molecule has 9 heteroatoms. The molecule has 1 saturated heterocycles. The highest BCUT2D eigenvalue weighted by Gasteiger charge is 2.32. The maximum absolute atomic E-state index is 14.8. The molecule has 1 aromatic carbocycles. The van der Waals surface area contributed by atoms with E-state index in [9.17, 15) is 19.2 Å². The lowest BCUT2D eigenvalue weighted by atomic mass is 10.2. The Morgan fingerprint density at radius 2 is 2.10 bits per heavy atom. The van der Waals surface area contributed by atoms with Crippen molar-refractivity contribution in [2.75, 3.05) is 18.0 Å². The van der Waals surface area contributed by atoms with Crippen LogP contribution in [0, 0.1) is 5.82 Å². The third-order valence-corrected chi connectivity index (χ3v) is 4.54. The number of aromatic nitrogens is 2. The number of pyridine rings is 1. The van der Waals surface area contributed by atoms with Gasteiger partial charge in [-0.3, -0.25) is 14.9 Å². The summed E-state index contributed by atoms with van der Waals surface area (Å²) < 4.78 is 22.5. The standard InChI is InChI=1S/C19H17FN4O4.CH4/c1-12(25)21-7-16-11-24(19(26)28-16)15-2-3-18(17(20)6-15)22-8-13-4-5-23(27)10-14(13)9-22;/h2-6,8-10,16H,7,11H2,1H3,(H-,21,25,27);1H4/p+1/t16-;/m0./s1. The van der Waals surface area contributed by atoms with Crippen LogP contribution < -0.4 is 14.9 Å². The van der Waals surface area contributed by atoms with Crippen molar-refractivity contribution in [3.05, 3.63) is 54.9 Å². The van der Waals surface area contributed by atoms with Crippen LogP contribution in [-0.4, -0.2) is 41.0 Å². The molecule has 8 nitrogen and oxygen atoms in total. The normalized spacial score (nSPS) is 15.9. The minimum atomic E-state index is -0.582. The predicted octanol–water partition coefficient (Wildman–Crippen LogP) is 2.39. The second-order valence-corrected chi connectivity index (χ2v) is 6.59. The van der Waals surface area contributed by atoms with E-state index in [-0.39, 0.29) is 26.4 Å². The summed E-state index contributed by atoms with van der Waals surface area (Å²) in [5.41, 5.74) is 0.688. The molecule has 1 fully saturated rings. The quantitative estimate of drug-likeness (QED) is 0.519. The molecule has 0 spiro atoms. The molecular weight excluding hydrogens is 379 g/mol. The monoisotopic (exact) mass is 401 g/mol. The van der Waals surface area contributed by atoms with Crippen LogP contribution in [0.5, 0.6) is 0 Å². The molecule has 2 N–H and O–H groups in total. The Morgan fingerprint density at radius 1 is 1.34 bits per heavy atom. The van der Waals surface area contributed by atoms with E-state index in [1.54, 1.807) is 35.2 Å². The molecule has 1 aliphatic heterocycles. The third-order valence-electron chi connectivity index (χ3n) is 4.54. The molecule has 3 heterocycles. The molecule has 0 aliphatic carbocycles. The SMILES string of the molecule is C.CC(=O)NC[C@H]1CN(c2ccc(-n3cc4cc[n+](O)cc4c3)c(F)c2)C(=O)O1. The Balaban J connectivity index is 0.00000240. The summed E-state index contributed by atoms with van der Waals surface area (Å²) in [7, 11) is 0. The highest BCUT2D eigenvalue weighted by molar-refractivity contribution is 5.90. The van der Waals surface area contributed by atoms with Crippen LogP contribution in [0.3, 0.4) is 0 Å². The molecule has 1 atom stereocenters. The van der Waals surface area contributed by atoms with Crippen molar-refractivity contribution in [2.45, 2.75) is 20.5 Å². The lowest BCUT2D eigenvalue weighted by molar-refractivity contribution is -0.903. The molecule has 2 aromatic heterocycles. The van der Waals surface area contributed by atoms with Gasteiger partial charge in [0.1, 0.15) is 11.9 Å². The molecule has 0 unspecified atom stereocenters. The van der Waals surface area contributed by atoms with Crippen molar-refractivity contribution < 1.29 is 28.7 Å². The van der Waals surface area contributed by atoms with E-state index in [4.69, 9.17) is 4.74 Å². The van der Waals surface area contributed by atoms with Gasteiger partial charge in [0.15, 0.2) is 0 Å². The summed E-state index contributed by atoms with van der Waals surface area (Å²) in [5, 5.41) is 13.7. The third kappa shape index (κ3) is 3.98. The summed E-state index contributed by atoms with van der Waals surface area (Å²) in [5.74, 6) is -0.719. The van der Waals surface area contributed by atoms with Gasteiger partial charge in [0.05, 0.1) is 29.9 Å². The van der Waals surface area contributed by atoms with Crippen molar-refractivity contribution in [1.29, 1.82) is 0 Å². The fourth-order valence-corrected chi connectivity index (χ4v) is 3.18. The van der Waals surface area contributed by atoms with Crippen molar-refractivity contribution in [3.63, 3.8) is 0 Å². The number of nitrogens with zero attached hydrogens (tertiary/aromatic N) is 3. The van der Waals surface area contributed by atoms with Crippen LogP contribution >= 0.6 is 0 Å². The van der Waals surface area contributed by atoms with E-state index in [0.29, 0.717) is 11.4 Å². The molecular formula is C20H22FN4O4+. The largest absolute Gasteiger partial charge is 0.442 e. The van der Waals surface area contributed by atoms with Crippen molar-refractivity contribution in [3.8, 4) is 5.69 Å². The maximum atomic E-state index is 14.8. The first-order chi connectivity index (χ1) is 13.4. The number of hydrogen-bond acceptors (Lipinski definition) is 4. The molecule has 0 saturated carbocycles. The van der Waals surface area contributed by atoms with Gasteiger partial charge in [-0.05, 0) is 18.2 Å². The first kappa shape index (κ1) is 20.1. The fraction of sp³-hybridized carbons (Fsp3) is 0.250. The van der Waals surface area contributed by atoms with E-state index in [1.165, 1.54) is 30.3 Å². The van der Waals surface area contributed by atoms with E-state index < -0.39 is 18.0 Å². The summed E-state index contributed by atoms with van der Waals surface area (Å²) in [6.07, 6.45) is 5.39. The summed E-state index contributed by atoms with van der Waals surface area (Å²) >= 11 is 0. The van der Waals surface area contributed by atoms with Crippen molar-refractivity contribution >= 4 is 28.5 Å². The second-order valence-electron chi connectivity index (χ2n) is 6.59. The van der Waals surface area contributed by atoms with Gasteiger partial charge >= 0.3 is 6.09 Å². The van der Waals surface area contributed by atoms with Crippen LogP contribution in [0.25, 0.3) is 16.5 Å². The van der Waals surface area contributed by atoms with Gasteiger partial charge in [0.2, 0.25) is 18.3 Å². The number of ether oxygens (including phenoxy) is 1. The molecule has 2 amide bonds. The summed E-state index contributed by atoms with van der Waals surface area (Å²) in [4.78, 5) is 24.4. The first-order valence-electron chi connectivity index (χ1n) is 8.65. The Bertz CT molecular complexity index is 1080. The first-order valence-corrected chi connectivity index (χ1v) is 8.65. The van der Waals surface area contributed by atoms with Gasteiger partial charge in [-0.15, -0.1) is 0 Å². The van der Waals surface area contributed by atoms with Gasteiger partial charge < -0.3 is 14.6 Å². The van der Waals surface area contributed by atoms with Crippen LogP contribution in [0.2, 0.25) is 0 Å². The molecule has 1 aliphatic rings. The number of hydrogen-bond donors (Lipinski definition) is 2. The minimum Gasteiger partial charge on any atom is -0.442 e. The number of rotatable bonds is 4. The van der Waals surface area contributed by atoms with Gasteiger partial charge in [0, 0.05) is 35.5 Å². The van der Waals surface area contributed by atoms with E-state index in [1.807, 2.05) is 0 Å². The number of nitrogens with one attached hydrogen (secondary N) is 1. The van der Waals surface area contributed by atoms with Gasteiger partial charge in [-0.25, -0.2) is 9.18 Å². The highest BCUT2D eigenvalue weighted by Crippen LogP contribution is 2.26. The molecule has 3 aromatic rings. The smallest absolute Gasteiger partial charge is 0.414 e. The van der Waals surface area contributed by atoms with Crippen LogP contribution in [0.1, 0.15) is 14.4 Å². The summed E-state index contributed by atoms with van der Waals surface area (Å²) in [6.45, 7) is 1.81. The highest BCUT2D eigenvalue weighted by atomic mass is 19.1. The zero-order chi connectivity index (χ0) is 19.8. The zero-order valence-corrected chi connectivity index (χ0v) is 15.0. The molecule has 4 rings (SSSR count). The van der Waals surface area contributed by atoms with Crippen molar-refractivity contribution in [2.24, 2.45) is 0 Å². The Kier molecular flexibility index (Phi) is 5.40. The average Bonchev–Trinajstić information content (AvgIpc) is 3.22. The Labute approximate surface area is 166 Å². The number of cyclic esters (lactones) is 1. The fourth-order valence-electron chi connectivity index (χ4n) is 3.18. The molecule has 0 radical (unpaired) electrons.